The van der Waals surface area contributed by atoms with Gasteiger partial charge in [0.25, 0.3) is 0 Å². The van der Waals surface area contributed by atoms with Crippen LogP contribution in [0.5, 0.6) is 5.75 Å². The first-order chi connectivity index (χ1) is 11.9. The maximum absolute atomic E-state index is 13.6. The van der Waals surface area contributed by atoms with E-state index in [1.54, 1.807) is 24.5 Å². The molecule has 0 atom stereocenters. The van der Waals surface area contributed by atoms with Gasteiger partial charge in [-0.15, -0.1) is 0 Å². The van der Waals surface area contributed by atoms with Crippen LogP contribution in [0.1, 0.15) is 28.4 Å². The maximum atomic E-state index is 13.6. The second-order valence-corrected chi connectivity index (χ2v) is 5.91. The molecule has 4 nitrogen and oxygen atoms in total. The summed E-state index contributed by atoms with van der Waals surface area (Å²) in [4.78, 5) is 18.9. The van der Waals surface area contributed by atoms with E-state index in [2.05, 4.69) is 4.99 Å². The fraction of sp³-hybridized carbons (Fsp3) is 0.300. The second-order valence-electron chi connectivity index (χ2n) is 5.91. The Kier molecular flexibility index (Phi) is 6.28. The lowest BCUT2D eigenvalue weighted by Gasteiger charge is -2.12. The smallest absolute Gasteiger partial charge is 0.200 e. The zero-order chi connectivity index (χ0) is 18.4. The molecule has 0 spiro atoms. The Morgan fingerprint density at radius 3 is 2.64 bits per heavy atom. The highest BCUT2D eigenvalue weighted by Crippen LogP contribution is 2.24. The van der Waals surface area contributed by atoms with Gasteiger partial charge in [-0.2, -0.15) is 0 Å². The number of rotatable bonds is 7. The number of aliphatic imine (C=N–C) groups is 1. The van der Waals surface area contributed by atoms with Crippen LogP contribution in [-0.2, 0) is 0 Å². The number of ether oxygens (including phenoxy) is 1. The molecule has 0 bridgehead atoms. The molecular weight excluding hydrogens is 319 g/mol. The topological polar surface area (TPSA) is 41.9 Å². The van der Waals surface area contributed by atoms with Crippen molar-refractivity contribution in [3.8, 4) is 5.75 Å². The van der Waals surface area contributed by atoms with Crippen molar-refractivity contribution in [1.82, 2.24) is 4.90 Å². The van der Waals surface area contributed by atoms with Crippen LogP contribution >= 0.6 is 0 Å². The number of ketones is 1. The largest absolute Gasteiger partial charge is 0.482 e. The number of hydrogen-bond acceptors (Lipinski definition) is 3. The molecule has 0 unspecified atom stereocenters. The molecular formula is C20H23FN2O2. The number of aryl methyl sites for hydroxylation is 2. The molecule has 0 aliphatic carbocycles. The molecule has 0 aromatic heterocycles. The van der Waals surface area contributed by atoms with Crippen molar-refractivity contribution >= 4 is 17.8 Å². The molecule has 0 aliphatic rings. The number of hydrogen-bond donors (Lipinski definition) is 0. The Bertz CT molecular complexity index is 787. The highest BCUT2D eigenvalue weighted by Gasteiger charge is 2.13. The number of carbonyl (C=O) groups is 1. The van der Waals surface area contributed by atoms with Crippen molar-refractivity contribution in [3.63, 3.8) is 0 Å². The predicted octanol–water partition coefficient (Wildman–Crippen LogP) is 4.32. The molecule has 0 saturated carbocycles. The Morgan fingerprint density at radius 1 is 1.24 bits per heavy atom. The number of nitrogens with zero attached hydrogens (tertiary/aromatic N) is 2. The molecule has 5 heteroatoms. The molecule has 0 radical (unpaired) electrons. The first-order valence-electron chi connectivity index (χ1n) is 8.18. The van der Waals surface area contributed by atoms with E-state index in [1.807, 2.05) is 38.8 Å². The fourth-order valence-corrected chi connectivity index (χ4v) is 2.27. The van der Waals surface area contributed by atoms with Gasteiger partial charge in [-0.3, -0.25) is 4.79 Å². The zero-order valence-corrected chi connectivity index (χ0v) is 15.0. The predicted molar refractivity (Wildman–Crippen MR) is 98.6 cm³/mol. The average Bonchev–Trinajstić information content (AvgIpc) is 2.60. The third kappa shape index (κ3) is 4.89. The summed E-state index contributed by atoms with van der Waals surface area (Å²) in [6.45, 7) is 6.47. The lowest BCUT2D eigenvalue weighted by molar-refractivity contribution is 0.0918. The van der Waals surface area contributed by atoms with E-state index in [0.717, 1.165) is 23.4 Å². The Balaban J connectivity index is 2.13. The highest BCUT2D eigenvalue weighted by molar-refractivity contribution is 5.99. The quantitative estimate of drug-likeness (QED) is 0.428. The maximum Gasteiger partial charge on any atom is 0.200 e. The first-order valence-corrected chi connectivity index (χ1v) is 8.18. The lowest BCUT2D eigenvalue weighted by Crippen LogP contribution is -2.15. The van der Waals surface area contributed by atoms with Gasteiger partial charge in [-0.25, -0.2) is 9.38 Å². The van der Waals surface area contributed by atoms with Crippen molar-refractivity contribution in [2.24, 2.45) is 4.99 Å². The summed E-state index contributed by atoms with van der Waals surface area (Å²) in [5.41, 5.74) is 3.11. The van der Waals surface area contributed by atoms with Crippen LogP contribution in [-0.4, -0.2) is 37.2 Å². The molecule has 0 fully saturated rings. The Hall–Kier alpha value is -2.69. The van der Waals surface area contributed by atoms with Gasteiger partial charge in [0.05, 0.1) is 12.0 Å². The van der Waals surface area contributed by atoms with Crippen LogP contribution in [0.4, 0.5) is 10.1 Å². The third-order valence-corrected chi connectivity index (χ3v) is 3.93. The van der Waals surface area contributed by atoms with Crippen molar-refractivity contribution in [2.45, 2.75) is 20.8 Å². The number of benzene rings is 2. The van der Waals surface area contributed by atoms with Crippen molar-refractivity contribution in [1.29, 1.82) is 0 Å². The van der Waals surface area contributed by atoms with Crippen molar-refractivity contribution in [3.05, 3.63) is 58.9 Å². The summed E-state index contributed by atoms with van der Waals surface area (Å²) >= 11 is 0. The third-order valence-electron chi connectivity index (χ3n) is 3.93. The van der Waals surface area contributed by atoms with Gasteiger partial charge in [0, 0.05) is 19.2 Å². The van der Waals surface area contributed by atoms with E-state index in [1.165, 1.54) is 12.1 Å². The van der Waals surface area contributed by atoms with Crippen LogP contribution in [0.15, 0.2) is 41.4 Å². The van der Waals surface area contributed by atoms with E-state index in [9.17, 15) is 9.18 Å². The SMILES string of the molecule is CCN(C)/C=N/c1cc(C)c(C(=O)COc2ccccc2F)cc1C. The summed E-state index contributed by atoms with van der Waals surface area (Å²) in [5.74, 6) is -0.591. The van der Waals surface area contributed by atoms with Gasteiger partial charge >= 0.3 is 0 Å². The lowest BCUT2D eigenvalue weighted by atomic mass is 10.0. The first kappa shape index (κ1) is 18.6. The minimum Gasteiger partial charge on any atom is -0.482 e. The summed E-state index contributed by atoms with van der Waals surface area (Å²) in [5, 5.41) is 0. The van der Waals surface area contributed by atoms with E-state index in [4.69, 9.17) is 4.74 Å². The van der Waals surface area contributed by atoms with E-state index >= 15 is 0 Å². The molecule has 0 saturated heterocycles. The van der Waals surface area contributed by atoms with Gasteiger partial charge in [-0.1, -0.05) is 12.1 Å². The standard InChI is InChI=1S/C20H23FN2O2/c1-5-23(4)13-22-18-11-14(2)16(10-15(18)3)19(24)12-25-20-9-7-6-8-17(20)21/h6-11,13H,5,12H2,1-4H3/b22-13+. The zero-order valence-electron chi connectivity index (χ0n) is 15.0. The van der Waals surface area contributed by atoms with Crippen molar-refractivity contribution < 1.29 is 13.9 Å². The molecule has 0 aliphatic heterocycles. The molecule has 0 heterocycles. The van der Waals surface area contributed by atoms with E-state index < -0.39 is 5.82 Å². The van der Waals surface area contributed by atoms with Crippen LogP contribution in [0.2, 0.25) is 0 Å². The van der Waals surface area contributed by atoms with E-state index in [0.29, 0.717) is 5.56 Å². The minimum absolute atomic E-state index is 0.0778. The molecule has 132 valence electrons. The average molecular weight is 342 g/mol. The summed E-state index contributed by atoms with van der Waals surface area (Å²) in [6, 6.07) is 9.73. The summed E-state index contributed by atoms with van der Waals surface area (Å²) < 4.78 is 18.9. The molecule has 0 N–H and O–H groups in total. The number of halogens is 1. The van der Waals surface area contributed by atoms with Gasteiger partial charge in [0.2, 0.25) is 0 Å². The van der Waals surface area contributed by atoms with Gasteiger partial charge in [0.15, 0.2) is 24.0 Å². The molecule has 0 amide bonds. The van der Waals surface area contributed by atoms with Crippen LogP contribution in [0.3, 0.4) is 0 Å². The second kappa shape index (κ2) is 8.42. The number of Topliss-reactive ketones (excluding diaryl/α,β-unsaturated/α-hetero) is 1. The van der Waals surface area contributed by atoms with E-state index in [-0.39, 0.29) is 18.1 Å². The van der Waals surface area contributed by atoms with Gasteiger partial charge in [0.1, 0.15) is 0 Å². The Labute approximate surface area is 148 Å². The normalized spacial score (nSPS) is 10.9. The monoisotopic (exact) mass is 342 g/mol. The molecule has 2 rings (SSSR count). The van der Waals surface area contributed by atoms with Crippen LogP contribution in [0.25, 0.3) is 0 Å². The van der Waals surface area contributed by atoms with Gasteiger partial charge in [-0.05, 0) is 56.2 Å². The van der Waals surface area contributed by atoms with Crippen molar-refractivity contribution in [2.75, 3.05) is 20.2 Å². The number of carbonyl (C=O) groups excluding carboxylic acids is 1. The molecule has 25 heavy (non-hydrogen) atoms. The summed E-state index contributed by atoms with van der Waals surface area (Å²) in [7, 11) is 1.95. The number of para-hydroxylation sites is 1. The van der Waals surface area contributed by atoms with Gasteiger partial charge < -0.3 is 9.64 Å². The Morgan fingerprint density at radius 2 is 1.96 bits per heavy atom. The minimum atomic E-state index is -0.479. The van der Waals surface area contributed by atoms with Crippen LogP contribution < -0.4 is 4.74 Å². The molecule has 2 aromatic rings. The fourth-order valence-electron chi connectivity index (χ4n) is 2.27. The molecule has 2 aromatic carbocycles. The van der Waals surface area contributed by atoms with Crippen LogP contribution in [0, 0.1) is 19.7 Å². The summed E-state index contributed by atoms with van der Waals surface area (Å²) in [6.07, 6.45) is 1.77. The highest BCUT2D eigenvalue weighted by atomic mass is 19.1.